The van der Waals surface area contributed by atoms with E-state index in [1.165, 1.54) is 5.56 Å². The summed E-state index contributed by atoms with van der Waals surface area (Å²) in [6.07, 6.45) is 2.93. The Morgan fingerprint density at radius 2 is 1.59 bits per heavy atom. The molecular weight excluding hydrogens is 272 g/mol. The number of benzene rings is 2. The van der Waals surface area contributed by atoms with Crippen LogP contribution in [-0.2, 0) is 6.42 Å². The Morgan fingerprint density at radius 1 is 0.909 bits per heavy atom. The summed E-state index contributed by atoms with van der Waals surface area (Å²) in [6.45, 7) is 8.14. The fourth-order valence-electron chi connectivity index (χ4n) is 3.23. The van der Waals surface area contributed by atoms with Crippen molar-refractivity contribution in [2.75, 3.05) is 0 Å². The lowest BCUT2D eigenvalue weighted by Crippen LogP contribution is -2.18. The number of hydrogen-bond acceptors (Lipinski definition) is 2. The molecule has 0 saturated carbocycles. The van der Waals surface area contributed by atoms with Gasteiger partial charge in [0.25, 0.3) is 0 Å². The van der Waals surface area contributed by atoms with Crippen LogP contribution in [0, 0.1) is 26.9 Å². The third-order valence-corrected chi connectivity index (χ3v) is 4.65. The molecule has 1 aliphatic heterocycles. The van der Waals surface area contributed by atoms with Gasteiger partial charge >= 0.3 is 0 Å². The molecule has 1 aliphatic rings. The molecule has 0 saturated heterocycles. The maximum absolute atomic E-state index is 12.9. The summed E-state index contributed by atoms with van der Waals surface area (Å²) >= 11 is 0. The van der Waals surface area contributed by atoms with Gasteiger partial charge in [0.05, 0.1) is 0 Å². The van der Waals surface area contributed by atoms with Gasteiger partial charge < -0.3 is 4.74 Å². The molecule has 113 valence electrons. The third kappa shape index (κ3) is 2.33. The molecule has 0 bridgehead atoms. The van der Waals surface area contributed by atoms with Crippen LogP contribution in [0.4, 0.5) is 0 Å². The molecular formula is C20H21O2. The van der Waals surface area contributed by atoms with Crippen molar-refractivity contribution >= 4 is 5.78 Å². The summed E-state index contributed by atoms with van der Waals surface area (Å²) in [5.74, 6) is 1.07. The predicted molar refractivity (Wildman–Crippen MR) is 88.4 cm³/mol. The van der Waals surface area contributed by atoms with Gasteiger partial charge in [-0.1, -0.05) is 30.3 Å². The Hall–Kier alpha value is -2.09. The second-order valence-electron chi connectivity index (χ2n) is 6.06. The Bertz CT molecular complexity index is 729. The summed E-state index contributed by atoms with van der Waals surface area (Å²) in [4.78, 5) is 12.9. The molecule has 3 rings (SSSR count). The number of fused-ring (bicyclic) bond motifs is 1. The fraction of sp³-hybridized carbons (Fsp3) is 0.300. The monoisotopic (exact) mass is 293 g/mol. The van der Waals surface area contributed by atoms with Gasteiger partial charge in [0, 0.05) is 11.1 Å². The molecule has 1 radical (unpaired) electrons. The molecule has 2 nitrogen and oxygen atoms in total. The highest BCUT2D eigenvalue weighted by molar-refractivity contribution is 6.11. The van der Waals surface area contributed by atoms with Gasteiger partial charge in [-0.15, -0.1) is 0 Å². The summed E-state index contributed by atoms with van der Waals surface area (Å²) in [5.41, 5.74) is 5.95. The highest BCUT2D eigenvalue weighted by atomic mass is 16.5. The molecule has 2 aromatic carbocycles. The predicted octanol–water partition coefficient (Wildman–Crippen LogP) is 4.72. The normalized spacial score (nSPS) is 14.4. The second kappa shape index (κ2) is 5.60. The second-order valence-corrected chi connectivity index (χ2v) is 6.06. The zero-order valence-electron chi connectivity index (χ0n) is 13.6. The van der Waals surface area contributed by atoms with E-state index in [1.54, 1.807) is 0 Å². The zero-order valence-corrected chi connectivity index (χ0v) is 13.6. The van der Waals surface area contributed by atoms with Crippen molar-refractivity contribution in [2.45, 2.75) is 40.5 Å². The van der Waals surface area contributed by atoms with Gasteiger partial charge in [-0.3, -0.25) is 4.79 Å². The number of ether oxygens (including phenoxy) is 1. The number of ketones is 1. The van der Waals surface area contributed by atoms with E-state index in [4.69, 9.17) is 4.74 Å². The Labute approximate surface area is 132 Å². The molecule has 0 unspecified atom stereocenters. The lowest BCUT2D eigenvalue weighted by Gasteiger charge is -2.28. The van der Waals surface area contributed by atoms with Crippen LogP contribution < -0.4 is 4.74 Å². The van der Waals surface area contributed by atoms with E-state index in [2.05, 4.69) is 0 Å². The molecule has 0 spiro atoms. The zero-order chi connectivity index (χ0) is 15.9. The SMILES string of the molecule is C[C]1CCc2c(C)c(C(=O)c3ccccc3)c(C)c(C)c2O1. The van der Waals surface area contributed by atoms with Gasteiger partial charge in [-0.2, -0.15) is 0 Å². The molecule has 22 heavy (non-hydrogen) atoms. The van der Waals surface area contributed by atoms with Crippen molar-refractivity contribution < 1.29 is 9.53 Å². The molecule has 2 aromatic rings. The molecule has 0 aliphatic carbocycles. The molecule has 0 atom stereocenters. The number of carbonyl (C=O) groups is 1. The van der Waals surface area contributed by atoms with Crippen molar-refractivity contribution in [3.63, 3.8) is 0 Å². The first kappa shape index (κ1) is 14.8. The summed E-state index contributed by atoms with van der Waals surface area (Å²) < 4.78 is 5.97. The van der Waals surface area contributed by atoms with Crippen molar-refractivity contribution in [2.24, 2.45) is 0 Å². The van der Waals surface area contributed by atoms with Crippen LogP contribution in [0.5, 0.6) is 5.75 Å². The third-order valence-electron chi connectivity index (χ3n) is 4.65. The maximum atomic E-state index is 12.9. The van der Waals surface area contributed by atoms with Gasteiger partial charge in [0.15, 0.2) is 5.78 Å². The molecule has 1 heterocycles. The quantitative estimate of drug-likeness (QED) is 0.749. The van der Waals surface area contributed by atoms with Crippen LogP contribution in [0.2, 0.25) is 0 Å². The topological polar surface area (TPSA) is 26.3 Å². The average Bonchev–Trinajstić information content (AvgIpc) is 2.53. The summed E-state index contributed by atoms with van der Waals surface area (Å²) in [5, 5.41) is 0. The van der Waals surface area contributed by atoms with Gasteiger partial charge in [0.2, 0.25) is 0 Å². The molecule has 0 amide bonds. The number of hydrogen-bond donors (Lipinski definition) is 0. The maximum Gasteiger partial charge on any atom is 0.193 e. The van der Waals surface area contributed by atoms with Crippen molar-refractivity contribution in [1.29, 1.82) is 0 Å². The van der Waals surface area contributed by atoms with Gasteiger partial charge in [-0.25, -0.2) is 0 Å². The van der Waals surface area contributed by atoms with Crippen molar-refractivity contribution in [3.05, 3.63) is 69.8 Å². The van der Waals surface area contributed by atoms with E-state index < -0.39 is 0 Å². The molecule has 0 fully saturated rings. The standard InChI is InChI=1S/C20H21O2/c1-12-10-11-17-15(4)18(13(2)14(3)20(17)22-12)19(21)16-8-6-5-7-9-16/h5-9H,10-11H2,1-4H3. The Morgan fingerprint density at radius 3 is 2.27 bits per heavy atom. The largest absolute Gasteiger partial charge is 0.483 e. The van der Waals surface area contributed by atoms with Crippen LogP contribution in [0.3, 0.4) is 0 Å². The Balaban J connectivity index is 2.18. The molecule has 0 N–H and O–H groups in total. The minimum atomic E-state index is 0.104. The molecule has 2 heteroatoms. The smallest absolute Gasteiger partial charge is 0.193 e. The van der Waals surface area contributed by atoms with E-state index >= 15 is 0 Å². The minimum absolute atomic E-state index is 0.104. The van der Waals surface area contributed by atoms with Crippen LogP contribution >= 0.6 is 0 Å². The van der Waals surface area contributed by atoms with E-state index in [0.717, 1.165) is 52.5 Å². The Kier molecular flexibility index (Phi) is 3.78. The van der Waals surface area contributed by atoms with Gasteiger partial charge in [-0.05, 0) is 62.8 Å². The first-order chi connectivity index (χ1) is 10.5. The average molecular weight is 293 g/mol. The minimum Gasteiger partial charge on any atom is -0.483 e. The highest BCUT2D eigenvalue weighted by Crippen LogP contribution is 2.40. The highest BCUT2D eigenvalue weighted by Gasteiger charge is 2.27. The fourth-order valence-corrected chi connectivity index (χ4v) is 3.23. The van der Waals surface area contributed by atoms with E-state index in [9.17, 15) is 4.79 Å². The van der Waals surface area contributed by atoms with Gasteiger partial charge in [0.1, 0.15) is 11.9 Å². The van der Waals surface area contributed by atoms with E-state index in [0.29, 0.717) is 0 Å². The molecule has 0 aromatic heterocycles. The first-order valence-electron chi connectivity index (χ1n) is 7.73. The summed E-state index contributed by atoms with van der Waals surface area (Å²) in [7, 11) is 0. The van der Waals surface area contributed by atoms with Crippen molar-refractivity contribution in [1.82, 2.24) is 0 Å². The number of rotatable bonds is 2. The van der Waals surface area contributed by atoms with Crippen LogP contribution in [-0.4, -0.2) is 5.78 Å². The summed E-state index contributed by atoms with van der Waals surface area (Å²) in [6, 6.07) is 9.51. The van der Waals surface area contributed by atoms with Crippen molar-refractivity contribution in [3.8, 4) is 5.75 Å². The number of carbonyl (C=O) groups excluding carboxylic acids is 1. The van der Waals surface area contributed by atoms with Crippen LogP contribution in [0.1, 0.15) is 51.5 Å². The van der Waals surface area contributed by atoms with E-state index in [1.807, 2.05) is 58.0 Å². The first-order valence-corrected chi connectivity index (χ1v) is 7.73. The van der Waals surface area contributed by atoms with E-state index in [-0.39, 0.29) is 5.78 Å². The van der Waals surface area contributed by atoms with Crippen LogP contribution in [0.15, 0.2) is 30.3 Å². The lowest BCUT2D eigenvalue weighted by atomic mass is 9.85. The lowest BCUT2D eigenvalue weighted by molar-refractivity contribution is 0.103. The van der Waals surface area contributed by atoms with Crippen LogP contribution in [0.25, 0.3) is 0 Å².